The van der Waals surface area contributed by atoms with E-state index in [0.717, 1.165) is 39.1 Å². The largest absolute Gasteiger partial charge is 0.398 e. The Kier molecular flexibility index (Phi) is 4.11. The molecule has 1 nitrogen and oxygen atoms in total. The highest BCUT2D eigenvalue weighted by Crippen LogP contribution is 2.34. The number of nitrogens with two attached hydrogens (primary N) is 1. The van der Waals surface area contributed by atoms with Gasteiger partial charge in [-0.15, -0.1) is 0 Å². The first kappa shape index (κ1) is 14.9. The van der Waals surface area contributed by atoms with Crippen LogP contribution in [-0.2, 0) is 0 Å². The van der Waals surface area contributed by atoms with Gasteiger partial charge in [-0.2, -0.15) is 0 Å². The van der Waals surface area contributed by atoms with Crippen molar-refractivity contribution in [1.82, 2.24) is 0 Å². The van der Waals surface area contributed by atoms with Gasteiger partial charge in [0.1, 0.15) is 0 Å². The van der Waals surface area contributed by atoms with Gasteiger partial charge in [0.05, 0.1) is 0 Å². The SMILES string of the molecule is C=Cc1ccc(-c2cccc(-c3ccc(C=C)cc3)c2N)cc1. The topological polar surface area (TPSA) is 26.0 Å². The predicted molar refractivity (Wildman–Crippen MR) is 102 cm³/mol. The van der Waals surface area contributed by atoms with Gasteiger partial charge in [-0.25, -0.2) is 0 Å². The number of nitrogen functional groups attached to an aromatic ring is 1. The van der Waals surface area contributed by atoms with Crippen molar-refractivity contribution in [1.29, 1.82) is 0 Å². The van der Waals surface area contributed by atoms with Crippen molar-refractivity contribution in [2.24, 2.45) is 0 Å². The summed E-state index contributed by atoms with van der Waals surface area (Å²) in [6.45, 7) is 7.57. The molecule has 0 saturated carbocycles. The van der Waals surface area contributed by atoms with Crippen LogP contribution in [0.5, 0.6) is 0 Å². The molecule has 3 aromatic rings. The monoisotopic (exact) mass is 297 g/mol. The lowest BCUT2D eigenvalue weighted by Crippen LogP contribution is -1.94. The summed E-state index contributed by atoms with van der Waals surface area (Å²) in [5, 5.41) is 0. The van der Waals surface area contributed by atoms with Crippen molar-refractivity contribution < 1.29 is 0 Å². The summed E-state index contributed by atoms with van der Waals surface area (Å²) in [6.07, 6.45) is 3.68. The van der Waals surface area contributed by atoms with Crippen LogP contribution >= 0.6 is 0 Å². The summed E-state index contributed by atoms with van der Waals surface area (Å²) in [5.41, 5.74) is 13.8. The maximum absolute atomic E-state index is 6.45. The van der Waals surface area contributed by atoms with Crippen LogP contribution in [0.3, 0.4) is 0 Å². The van der Waals surface area contributed by atoms with Gasteiger partial charge in [0, 0.05) is 16.8 Å². The highest BCUT2D eigenvalue weighted by atomic mass is 14.6. The zero-order chi connectivity index (χ0) is 16.2. The molecule has 112 valence electrons. The van der Waals surface area contributed by atoms with Gasteiger partial charge < -0.3 is 5.73 Å². The van der Waals surface area contributed by atoms with E-state index in [1.54, 1.807) is 0 Å². The van der Waals surface area contributed by atoms with E-state index in [9.17, 15) is 0 Å². The van der Waals surface area contributed by atoms with Crippen molar-refractivity contribution in [3.63, 3.8) is 0 Å². The van der Waals surface area contributed by atoms with Crippen LogP contribution in [0.15, 0.2) is 79.9 Å². The molecule has 0 heterocycles. The second-order valence-electron chi connectivity index (χ2n) is 5.42. The van der Waals surface area contributed by atoms with E-state index in [4.69, 9.17) is 5.73 Å². The first-order chi connectivity index (χ1) is 11.2. The third kappa shape index (κ3) is 2.95. The second-order valence-corrected chi connectivity index (χ2v) is 5.42. The van der Waals surface area contributed by atoms with E-state index in [1.165, 1.54) is 0 Å². The highest BCUT2D eigenvalue weighted by Gasteiger charge is 2.08. The Morgan fingerprint density at radius 1 is 0.609 bits per heavy atom. The van der Waals surface area contributed by atoms with Crippen LogP contribution in [0.2, 0.25) is 0 Å². The fourth-order valence-corrected chi connectivity index (χ4v) is 2.67. The predicted octanol–water partition coefficient (Wildman–Crippen LogP) is 5.89. The maximum atomic E-state index is 6.45. The Hall–Kier alpha value is -3.06. The lowest BCUT2D eigenvalue weighted by Gasteiger charge is -2.12. The lowest BCUT2D eigenvalue weighted by atomic mass is 9.95. The summed E-state index contributed by atoms with van der Waals surface area (Å²) in [7, 11) is 0. The number of benzene rings is 3. The zero-order valence-corrected chi connectivity index (χ0v) is 13.0. The zero-order valence-electron chi connectivity index (χ0n) is 13.0. The number of hydrogen-bond donors (Lipinski definition) is 1. The van der Waals surface area contributed by atoms with Crippen LogP contribution in [-0.4, -0.2) is 0 Å². The highest BCUT2D eigenvalue weighted by molar-refractivity contribution is 5.89. The molecule has 0 unspecified atom stereocenters. The average Bonchev–Trinajstić information content (AvgIpc) is 2.62. The molecule has 0 aromatic heterocycles. The second kappa shape index (κ2) is 6.37. The van der Waals surface area contributed by atoms with Gasteiger partial charge in [-0.1, -0.05) is 92.0 Å². The average molecular weight is 297 g/mol. The standard InChI is InChI=1S/C22H19N/c1-3-16-8-12-18(13-9-16)20-6-5-7-21(22(20)23)19-14-10-17(4-2)11-15-19/h3-15H,1-2,23H2. The van der Waals surface area contributed by atoms with Crippen molar-refractivity contribution in [2.75, 3.05) is 5.73 Å². The van der Waals surface area contributed by atoms with E-state index in [-0.39, 0.29) is 0 Å². The van der Waals surface area contributed by atoms with Crippen LogP contribution < -0.4 is 5.73 Å². The summed E-state index contributed by atoms with van der Waals surface area (Å²) < 4.78 is 0. The molecule has 2 N–H and O–H groups in total. The van der Waals surface area contributed by atoms with Crippen molar-refractivity contribution in [2.45, 2.75) is 0 Å². The Bertz CT molecular complexity index is 770. The fourth-order valence-electron chi connectivity index (χ4n) is 2.67. The van der Waals surface area contributed by atoms with Crippen LogP contribution in [0, 0.1) is 0 Å². The molecule has 1 heteroatoms. The normalized spacial score (nSPS) is 10.3. The Morgan fingerprint density at radius 2 is 1.00 bits per heavy atom. The first-order valence-electron chi connectivity index (χ1n) is 7.57. The van der Waals surface area contributed by atoms with Gasteiger partial charge >= 0.3 is 0 Å². The molecule has 0 aliphatic heterocycles. The molecule has 0 fully saturated rings. The third-order valence-electron chi connectivity index (χ3n) is 4.02. The van der Waals surface area contributed by atoms with Crippen LogP contribution in [0.4, 0.5) is 5.69 Å². The number of para-hydroxylation sites is 1. The Morgan fingerprint density at radius 3 is 1.35 bits per heavy atom. The van der Waals surface area contributed by atoms with E-state index < -0.39 is 0 Å². The molecular weight excluding hydrogens is 278 g/mol. The number of hydrogen-bond acceptors (Lipinski definition) is 1. The van der Waals surface area contributed by atoms with Crippen molar-refractivity contribution >= 4 is 17.8 Å². The van der Waals surface area contributed by atoms with Crippen LogP contribution in [0.1, 0.15) is 11.1 Å². The third-order valence-corrected chi connectivity index (χ3v) is 4.02. The molecule has 0 spiro atoms. The number of anilines is 1. The number of rotatable bonds is 4. The van der Waals surface area contributed by atoms with Gasteiger partial charge in [0.2, 0.25) is 0 Å². The first-order valence-corrected chi connectivity index (χ1v) is 7.57. The molecule has 0 saturated heterocycles. The minimum atomic E-state index is 0.796. The van der Waals surface area contributed by atoms with Gasteiger partial charge in [-0.05, 0) is 22.3 Å². The molecule has 3 aromatic carbocycles. The van der Waals surface area contributed by atoms with Gasteiger partial charge in [-0.3, -0.25) is 0 Å². The van der Waals surface area contributed by atoms with E-state index in [2.05, 4.69) is 49.6 Å². The quantitative estimate of drug-likeness (QED) is 0.597. The minimum absolute atomic E-state index is 0.796. The van der Waals surface area contributed by atoms with E-state index in [1.807, 2.05) is 42.5 Å². The minimum Gasteiger partial charge on any atom is -0.398 e. The van der Waals surface area contributed by atoms with E-state index in [0.29, 0.717) is 0 Å². The smallest absolute Gasteiger partial charge is 0.0473 e. The summed E-state index contributed by atoms with van der Waals surface area (Å²) in [4.78, 5) is 0. The molecule has 0 amide bonds. The van der Waals surface area contributed by atoms with Crippen molar-refractivity contribution in [3.05, 3.63) is 91.0 Å². The maximum Gasteiger partial charge on any atom is 0.0473 e. The fraction of sp³-hybridized carbons (Fsp3) is 0. The molecule has 0 aliphatic carbocycles. The molecule has 0 aliphatic rings. The van der Waals surface area contributed by atoms with E-state index >= 15 is 0 Å². The molecule has 0 radical (unpaired) electrons. The molecule has 23 heavy (non-hydrogen) atoms. The Labute approximate surface area is 137 Å². The molecule has 0 bridgehead atoms. The summed E-state index contributed by atoms with van der Waals surface area (Å²) >= 11 is 0. The summed E-state index contributed by atoms with van der Waals surface area (Å²) in [6, 6.07) is 22.7. The van der Waals surface area contributed by atoms with Gasteiger partial charge in [0.25, 0.3) is 0 Å². The summed E-state index contributed by atoms with van der Waals surface area (Å²) in [5.74, 6) is 0. The van der Waals surface area contributed by atoms with Crippen LogP contribution in [0.25, 0.3) is 34.4 Å². The Balaban J connectivity index is 2.06. The van der Waals surface area contributed by atoms with Crippen molar-refractivity contribution in [3.8, 4) is 22.3 Å². The lowest BCUT2D eigenvalue weighted by molar-refractivity contribution is 1.57. The van der Waals surface area contributed by atoms with Gasteiger partial charge in [0.15, 0.2) is 0 Å². The molecule has 0 atom stereocenters. The molecular formula is C22H19N. The molecule has 3 rings (SSSR count).